The van der Waals surface area contributed by atoms with Crippen LogP contribution in [0.3, 0.4) is 0 Å². The Morgan fingerprint density at radius 2 is 2.21 bits per heavy atom. The molecular formula is C13H14N4O2. The van der Waals surface area contributed by atoms with Crippen LogP contribution < -0.4 is 5.32 Å². The minimum Gasteiger partial charge on any atom is -0.444 e. The highest BCUT2D eigenvalue weighted by Crippen LogP contribution is 2.28. The third-order valence-corrected chi connectivity index (χ3v) is 2.27. The van der Waals surface area contributed by atoms with Crippen molar-refractivity contribution in [2.75, 3.05) is 5.32 Å². The van der Waals surface area contributed by atoms with E-state index in [1.165, 1.54) is 6.33 Å². The molecule has 19 heavy (non-hydrogen) atoms. The summed E-state index contributed by atoms with van der Waals surface area (Å²) in [5, 5.41) is 2.60. The van der Waals surface area contributed by atoms with Gasteiger partial charge in [-0.05, 0) is 32.9 Å². The van der Waals surface area contributed by atoms with E-state index in [9.17, 15) is 4.79 Å². The van der Waals surface area contributed by atoms with Crippen LogP contribution in [-0.4, -0.2) is 21.7 Å². The quantitative estimate of drug-likeness (QED) is 0.769. The van der Waals surface area contributed by atoms with Crippen molar-refractivity contribution in [1.29, 1.82) is 0 Å². The number of aromatic amines is 1. The molecule has 0 unspecified atom stereocenters. The van der Waals surface area contributed by atoms with E-state index in [0.29, 0.717) is 22.4 Å². The predicted molar refractivity (Wildman–Crippen MR) is 72.2 cm³/mol. The number of imidazole rings is 1. The number of aromatic nitrogens is 2. The highest BCUT2D eigenvalue weighted by atomic mass is 16.6. The van der Waals surface area contributed by atoms with Gasteiger partial charge in [-0.15, -0.1) is 0 Å². The van der Waals surface area contributed by atoms with E-state index in [0.717, 1.165) is 0 Å². The largest absolute Gasteiger partial charge is 0.444 e. The Bertz CT molecular complexity index is 661. The molecule has 0 radical (unpaired) electrons. The highest BCUT2D eigenvalue weighted by Gasteiger charge is 2.17. The van der Waals surface area contributed by atoms with E-state index in [1.807, 2.05) is 0 Å². The number of fused-ring (bicyclic) bond motifs is 1. The molecule has 6 nitrogen and oxygen atoms in total. The van der Waals surface area contributed by atoms with Crippen LogP contribution in [0, 0.1) is 6.57 Å². The molecule has 98 valence electrons. The number of nitrogens with one attached hydrogen (secondary N) is 2. The normalized spacial score (nSPS) is 11.1. The summed E-state index contributed by atoms with van der Waals surface area (Å²) in [7, 11) is 0. The molecule has 0 bridgehead atoms. The summed E-state index contributed by atoms with van der Waals surface area (Å²) in [5.74, 6) is 0. The smallest absolute Gasteiger partial charge is 0.412 e. The summed E-state index contributed by atoms with van der Waals surface area (Å²) < 4.78 is 5.16. The van der Waals surface area contributed by atoms with E-state index >= 15 is 0 Å². The number of rotatable bonds is 1. The fourth-order valence-electron chi connectivity index (χ4n) is 1.61. The van der Waals surface area contributed by atoms with Crippen LogP contribution >= 0.6 is 0 Å². The van der Waals surface area contributed by atoms with Crippen molar-refractivity contribution in [2.45, 2.75) is 26.4 Å². The first-order valence-corrected chi connectivity index (χ1v) is 5.73. The van der Waals surface area contributed by atoms with E-state index in [4.69, 9.17) is 11.3 Å². The van der Waals surface area contributed by atoms with Crippen molar-refractivity contribution < 1.29 is 9.53 Å². The van der Waals surface area contributed by atoms with Gasteiger partial charge in [0.1, 0.15) is 5.60 Å². The summed E-state index contributed by atoms with van der Waals surface area (Å²) in [6.07, 6.45) is 0.957. The molecule has 2 rings (SSSR count). The number of carbonyl (C=O) groups excluding carboxylic acids is 1. The maximum Gasteiger partial charge on any atom is 0.412 e. The molecule has 0 aliphatic rings. The number of nitrogens with zero attached hydrogens (tertiary/aromatic N) is 2. The zero-order valence-corrected chi connectivity index (χ0v) is 10.9. The molecular weight excluding hydrogens is 244 g/mol. The lowest BCUT2D eigenvalue weighted by Gasteiger charge is -2.19. The van der Waals surface area contributed by atoms with Gasteiger partial charge >= 0.3 is 6.09 Å². The van der Waals surface area contributed by atoms with Gasteiger partial charge in [0.05, 0.1) is 23.9 Å². The highest BCUT2D eigenvalue weighted by molar-refractivity contribution is 5.95. The lowest BCUT2D eigenvalue weighted by molar-refractivity contribution is 0.0636. The number of hydrogen-bond donors (Lipinski definition) is 2. The van der Waals surface area contributed by atoms with Crippen LogP contribution in [0.2, 0.25) is 0 Å². The van der Waals surface area contributed by atoms with E-state index in [-0.39, 0.29) is 0 Å². The van der Waals surface area contributed by atoms with Crippen LogP contribution in [-0.2, 0) is 4.74 Å². The SMILES string of the molecule is [C-]#[N+]c1cc(NC(=O)OC(C)(C)C)cc2[nH]cnc12. The molecule has 0 spiro atoms. The second-order valence-electron chi connectivity index (χ2n) is 5.03. The second-order valence-corrected chi connectivity index (χ2v) is 5.03. The van der Waals surface area contributed by atoms with Gasteiger partial charge in [-0.1, -0.05) is 0 Å². The van der Waals surface area contributed by atoms with E-state index in [2.05, 4.69) is 20.1 Å². The monoisotopic (exact) mass is 258 g/mol. The van der Waals surface area contributed by atoms with Gasteiger partial charge < -0.3 is 9.72 Å². The average Bonchev–Trinajstić information content (AvgIpc) is 2.73. The first-order chi connectivity index (χ1) is 8.89. The van der Waals surface area contributed by atoms with Gasteiger partial charge in [0.15, 0.2) is 0 Å². The summed E-state index contributed by atoms with van der Waals surface area (Å²) in [6, 6.07) is 3.28. The molecule has 6 heteroatoms. The molecule has 1 aromatic carbocycles. The predicted octanol–water partition coefficient (Wildman–Crippen LogP) is 3.46. The molecule has 0 saturated carbocycles. The number of amides is 1. The second kappa shape index (κ2) is 4.61. The van der Waals surface area contributed by atoms with E-state index in [1.54, 1.807) is 32.9 Å². The minimum atomic E-state index is -0.565. The Labute approximate surface area is 110 Å². The molecule has 0 aliphatic heterocycles. The zero-order valence-electron chi connectivity index (χ0n) is 10.9. The number of carbonyl (C=O) groups is 1. The molecule has 0 fully saturated rings. The maximum absolute atomic E-state index is 11.7. The van der Waals surface area contributed by atoms with Crippen LogP contribution in [0.5, 0.6) is 0 Å². The van der Waals surface area contributed by atoms with Crippen molar-refractivity contribution in [3.63, 3.8) is 0 Å². The van der Waals surface area contributed by atoms with Gasteiger partial charge in [0, 0.05) is 5.69 Å². The standard InChI is InChI=1S/C13H14N4O2/c1-13(2,3)19-12(18)17-8-5-9(14-4)11-10(6-8)15-7-16-11/h5-7H,1-3H3,(H,15,16)(H,17,18). The first kappa shape index (κ1) is 12.9. The molecule has 1 aromatic heterocycles. The topological polar surface area (TPSA) is 71.4 Å². The molecule has 0 atom stereocenters. The van der Waals surface area contributed by atoms with Crippen molar-refractivity contribution >= 4 is 28.5 Å². The molecule has 2 aromatic rings. The summed E-state index contributed by atoms with van der Waals surface area (Å²) in [4.78, 5) is 22.0. The Kier molecular flexibility index (Phi) is 3.13. The zero-order chi connectivity index (χ0) is 14.0. The Morgan fingerprint density at radius 1 is 1.47 bits per heavy atom. The number of hydrogen-bond acceptors (Lipinski definition) is 3. The van der Waals surface area contributed by atoms with Gasteiger partial charge in [-0.25, -0.2) is 14.6 Å². The third-order valence-electron chi connectivity index (χ3n) is 2.27. The number of anilines is 1. The summed E-state index contributed by atoms with van der Waals surface area (Å²) >= 11 is 0. The van der Waals surface area contributed by atoms with Crippen molar-refractivity contribution in [1.82, 2.24) is 9.97 Å². The van der Waals surface area contributed by atoms with Crippen molar-refractivity contribution in [2.24, 2.45) is 0 Å². The molecule has 0 saturated heterocycles. The Balaban J connectivity index is 2.26. The fraction of sp³-hybridized carbons (Fsp3) is 0.308. The Morgan fingerprint density at radius 3 is 2.84 bits per heavy atom. The molecule has 0 aliphatic carbocycles. The van der Waals surface area contributed by atoms with Crippen molar-refractivity contribution in [3.8, 4) is 0 Å². The summed E-state index contributed by atoms with van der Waals surface area (Å²) in [5.41, 5.74) is 1.59. The lowest BCUT2D eigenvalue weighted by Crippen LogP contribution is -2.27. The maximum atomic E-state index is 11.7. The van der Waals surface area contributed by atoms with Gasteiger partial charge in [0.25, 0.3) is 0 Å². The van der Waals surface area contributed by atoms with Crippen LogP contribution in [0.15, 0.2) is 18.5 Å². The molecule has 1 amide bonds. The summed E-state index contributed by atoms with van der Waals surface area (Å²) in [6.45, 7) is 12.5. The number of H-pyrrole nitrogens is 1. The van der Waals surface area contributed by atoms with Gasteiger partial charge in [-0.3, -0.25) is 5.32 Å². The number of ether oxygens (including phenoxy) is 1. The lowest BCUT2D eigenvalue weighted by atomic mass is 10.2. The van der Waals surface area contributed by atoms with E-state index < -0.39 is 11.7 Å². The molecule has 2 N–H and O–H groups in total. The minimum absolute atomic E-state index is 0.379. The third kappa shape index (κ3) is 3.01. The van der Waals surface area contributed by atoms with Gasteiger partial charge in [-0.2, -0.15) is 0 Å². The average molecular weight is 258 g/mol. The number of benzene rings is 1. The Hall–Kier alpha value is -2.55. The van der Waals surface area contributed by atoms with Crippen LogP contribution in [0.1, 0.15) is 20.8 Å². The van der Waals surface area contributed by atoms with Gasteiger partial charge in [0.2, 0.25) is 5.69 Å². The van der Waals surface area contributed by atoms with Crippen LogP contribution in [0.25, 0.3) is 15.9 Å². The molecule has 1 heterocycles. The van der Waals surface area contributed by atoms with Crippen LogP contribution in [0.4, 0.5) is 16.2 Å². The fourth-order valence-corrected chi connectivity index (χ4v) is 1.61. The van der Waals surface area contributed by atoms with Crippen molar-refractivity contribution in [3.05, 3.63) is 29.9 Å². The first-order valence-electron chi connectivity index (χ1n) is 5.73.